The Morgan fingerprint density at radius 2 is 2.25 bits per heavy atom. The largest absolute Gasteiger partial charge is 0.384 e. The van der Waals surface area contributed by atoms with Crippen molar-refractivity contribution in [3.63, 3.8) is 0 Å². The minimum Gasteiger partial charge on any atom is -0.384 e. The maximum atomic E-state index is 4.53. The lowest BCUT2D eigenvalue weighted by Gasteiger charge is -2.18. The molecule has 2 aromatic rings. The predicted octanol–water partition coefficient (Wildman–Crippen LogP) is 3.48. The van der Waals surface area contributed by atoms with Crippen molar-refractivity contribution in [2.24, 2.45) is 0 Å². The Balaban J connectivity index is 1.53. The van der Waals surface area contributed by atoms with Crippen LogP contribution in [-0.2, 0) is 6.54 Å². The fourth-order valence-electron chi connectivity index (χ4n) is 2.83. The van der Waals surface area contributed by atoms with E-state index in [2.05, 4.69) is 58.8 Å². The molecular formula is C16H21N3S. The normalized spacial score (nSPS) is 17.2. The van der Waals surface area contributed by atoms with Crippen molar-refractivity contribution in [3.8, 4) is 0 Å². The number of aromatic nitrogens is 1. The number of nitrogens with one attached hydrogen (secondary N) is 1. The van der Waals surface area contributed by atoms with Crippen molar-refractivity contribution >= 4 is 17.0 Å². The SMILES string of the molecule is Cc1nc(CN(C)CCC2CNc3ccccc32)cs1. The second-order valence-electron chi connectivity index (χ2n) is 5.55. The molecule has 0 amide bonds. The molecule has 1 aromatic heterocycles. The molecule has 1 N–H and O–H groups in total. The van der Waals surface area contributed by atoms with E-state index in [0.717, 1.165) is 24.6 Å². The van der Waals surface area contributed by atoms with Crippen LogP contribution < -0.4 is 5.32 Å². The van der Waals surface area contributed by atoms with E-state index < -0.39 is 0 Å². The van der Waals surface area contributed by atoms with E-state index in [1.807, 2.05) is 0 Å². The maximum absolute atomic E-state index is 4.53. The van der Waals surface area contributed by atoms with Crippen LogP contribution in [-0.4, -0.2) is 30.0 Å². The van der Waals surface area contributed by atoms with Gasteiger partial charge in [0.25, 0.3) is 0 Å². The smallest absolute Gasteiger partial charge is 0.0897 e. The fourth-order valence-corrected chi connectivity index (χ4v) is 3.43. The van der Waals surface area contributed by atoms with Crippen molar-refractivity contribution in [2.45, 2.75) is 25.8 Å². The molecule has 20 heavy (non-hydrogen) atoms. The lowest BCUT2D eigenvalue weighted by atomic mass is 9.98. The van der Waals surface area contributed by atoms with Crippen molar-refractivity contribution in [2.75, 3.05) is 25.5 Å². The summed E-state index contributed by atoms with van der Waals surface area (Å²) in [5, 5.41) is 6.82. The summed E-state index contributed by atoms with van der Waals surface area (Å²) >= 11 is 1.73. The third kappa shape index (κ3) is 3.02. The molecule has 1 unspecified atom stereocenters. The molecule has 3 nitrogen and oxygen atoms in total. The molecule has 1 aromatic carbocycles. The van der Waals surface area contributed by atoms with Gasteiger partial charge in [-0.1, -0.05) is 18.2 Å². The zero-order valence-electron chi connectivity index (χ0n) is 12.1. The average Bonchev–Trinajstić information content (AvgIpc) is 3.03. The van der Waals surface area contributed by atoms with Gasteiger partial charge in [0.15, 0.2) is 0 Å². The fraction of sp³-hybridized carbons (Fsp3) is 0.438. The first-order valence-corrected chi connectivity index (χ1v) is 8.02. The summed E-state index contributed by atoms with van der Waals surface area (Å²) in [5.41, 5.74) is 3.99. The Hall–Kier alpha value is -1.39. The van der Waals surface area contributed by atoms with Crippen LogP contribution in [0.2, 0.25) is 0 Å². The van der Waals surface area contributed by atoms with Gasteiger partial charge < -0.3 is 10.2 Å². The van der Waals surface area contributed by atoms with E-state index in [9.17, 15) is 0 Å². The molecular weight excluding hydrogens is 266 g/mol. The van der Waals surface area contributed by atoms with Gasteiger partial charge in [-0.2, -0.15) is 0 Å². The maximum Gasteiger partial charge on any atom is 0.0897 e. The first kappa shape index (κ1) is 13.6. The van der Waals surface area contributed by atoms with Crippen molar-refractivity contribution in [1.29, 1.82) is 0 Å². The Labute approximate surface area is 124 Å². The highest BCUT2D eigenvalue weighted by molar-refractivity contribution is 7.09. The monoisotopic (exact) mass is 287 g/mol. The number of hydrogen-bond acceptors (Lipinski definition) is 4. The Bertz CT molecular complexity index is 579. The molecule has 0 bridgehead atoms. The average molecular weight is 287 g/mol. The van der Waals surface area contributed by atoms with Crippen LogP contribution in [0.5, 0.6) is 0 Å². The summed E-state index contributed by atoms with van der Waals surface area (Å²) in [6.45, 7) is 5.20. The summed E-state index contributed by atoms with van der Waals surface area (Å²) in [6.07, 6.45) is 1.20. The van der Waals surface area contributed by atoms with Crippen molar-refractivity contribution in [1.82, 2.24) is 9.88 Å². The third-order valence-electron chi connectivity index (χ3n) is 3.90. The van der Waals surface area contributed by atoms with E-state index in [4.69, 9.17) is 0 Å². The highest BCUT2D eigenvalue weighted by atomic mass is 32.1. The summed E-state index contributed by atoms with van der Waals surface area (Å²) in [6, 6.07) is 8.67. The second-order valence-corrected chi connectivity index (χ2v) is 6.61. The molecule has 4 heteroatoms. The van der Waals surface area contributed by atoms with Gasteiger partial charge in [-0.25, -0.2) is 4.98 Å². The number of aryl methyl sites for hydroxylation is 1. The number of rotatable bonds is 5. The van der Waals surface area contributed by atoms with Crippen LogP contribution in [0.1, 0.15) is 28.6 Å². The molecule has 0 radical (unpaired) electrons. The Morgan fingerprint density at radius 3 is 3.05 bits per heavy atom. The van der Waals surface area contributed by atoms with Gasteiger partial charge in [-0.15, -0.1) is 11.3 Å². The zero-order chi connectivity index (χ0) is 13.9. The van der Waals surface area contributed by atoms with Gasteiger partial charge in [-0.3, -0.25) is 0 Å². The standard InChI is InChI=1S/C16H21N3S/c1-12-18-14(11-20-12)10-19(2)8-7-13-9-17-16-6-4-3-5-15(13)16/h3-6,11,13,17H,7-10H2,1-2H3. The molecule has 1 aliphatic rings. The van der Waals surface area contributed by atoms with Crippen LogP contribution in [0.15, 0.2) is 29.6 Å². The first-order valence-electron chi connectivity index (χ1n) is 7.15. The molecule has 0 aliphatic carbocycles. The van der Waals surface area contributed by atoms with Crippen molar-refractivity contribution < 1.29 is 0 Å². The molecule has 1 atom stereocenters. The topological polar surface area (TPSA) is 28.2 Å². The summed E-state index contributed by atoms with van der Waals surface area (Å²) in [4.78, 5) is 6.90. The van der Waals surface area contributed by atoms with Crippen LogP contribution in [0.4, 0.5) is 5.69 Å². The van der Waals surface area contributed by atoms with Crippen molar-refractivity contribution in [3.05, 3.63) is 45.9 Å². The molecule has 0 spiro atoms. The quantitative estimate of drug-likeness (QED) is 0.912. The molecule has 0 fully saturated rings. The molecule has 106 valence electrons. The molecule has 3 rings (SSSR count). The zero-order valence-corrected chi connectivity index (χ0v) is 12.9. The Kier molecular flexibility index (Phi) is 4.03. The van der Waals surface area contributed by atoms with Crippen LogP contribution >= 0.6 is 11.3 Å². The van der Waals surface area contributed by atoms with Gasteiger partial charge in [0, 0.05) is 30.1 Å². The third-order valence-corrected chi connectivity index (χ3v) is 4.72. The number of hydrogen-bond donors (Lipinski definition) is 1. The number of para-hydroxylation sites is 1. The highest BCUT2D eigenvalue weighted by Crippen LogP contribution is 2.33. The van der Waals surface area contributed by atoms with Gasteiger partial charge in [0.2, 0.25) is 0 Å². The van der Waals surface area contributed by atoms with E-state index >= 15 is 0 Å². The number of fused-ring (bicyclic) bond motifs is 1. The predicted molar refractivity (Wildman–Crippen MR) is 85.5 cm³/mol. The van der Waals surface area contributed by atoms with Crippen LogP contribution in [0, 0.1) is 6.92 Å². The molecule has 0 saturated heterocycles. The van der Waals surface area contributed by atoms with E-state index in [1.54, 1.807) is 11.3 Å². The summed E-state index contributed by atoms with van der Waals surface area (Å²) < 4.78 is 0. The first-order chi connectivity index (χ1) is 9.72. The Morgan fingerprint density at radius 1 is 1.40 bits per heavy atom. The number of thiazole rings is 1. The molecule has 1 aliphatic heterocycles. The number of benzene rings is 1. The van der Waals surface area contributed by atoms with E-state index in [-0.39, 0.29) is 0 Å². The van der Waals surface area contributed by atoms with Gasteiger partial charge in [-0.05, 0) is 38.6 Å². The highest BCUT2D eigenvalue weighted by Gasteiger charge is 2.21. The number of anilines is 1. The summed E-state index contributed by atoms with van der Waals surface area (Å²) in [7, 11) is 2.18. The minimum atomic E-state index is 0.644. The lowest BCUT2D eigenvalue weighted by molar-refractivity contribution is 0.310. The number of nitrogens with zero attached hydrogens (tertiary/aromatic N) is 2. The minimum absolute atomic E-state index is 0.644. The van der Waals surface area contributed by atoms with Gasteiger partial charge >= 0.3 is 0 Å². The molecule has 2 heterocycles. The lowest BCUT2D eigenvalue weighted by Crippen LogP contribution is -2.21. The van der Waals surface area contributed by atoms with Gasteiger partial charge in [0.1, 0.15) is 0 Å². The summed E-state index contributed by atoms with van der Waals surface area (Å²) in [5.74, 6) is 0.644. The second kappa shape index (κ2) is 5.94. The van der Waals surface area contributed by atoms with Gasteiger partial charge in [0.05, 0.1) is 10.7 Å². The van der Waals surface area contributed by atoms with Crippen LogP contribution in [0.25, 0.3) is 0 Å². The van der Waals surface area contributed by atoms with Crippen LogP contribution in [0.3, 0.4) is 0 Å². The molecule has 0 saturated carbocycles. The van der Waals surface area contributed by atoms with E-state index in [1.165, 1.54) is 23.4 Å². The van der Waals surface area contributed by atoms with E-state index in [0.29, 0.717) is 5.92 Å².